The van der Waals surface area contributed by atoms with Crippen LogP contribution in [0.15, 0.2) is 35.5 Å². The van der Waals surface area contributed by atoms with Crippen LogP contribution in [0.2, 0.25) is 5.02 Å². The molecule has 2 amide bonds. The molecule has 0 unspecified atom stereocenters. The average Bonchev–Trinajstić information content (AvgIpc) is 2.44. The topological polar surface area (TPSA) is 58.6 Å². The van der Waals surface area contributed by atoms with E-state index in [-0.39, 0.29) is 6.03 Å². The quantitative estimate of drug-likeness (QED) is 0.853. The van der Waals surface area contributed by atoms with Gasteiger partial charge >= 0.3 is 12.0 Å². The number of carbonyl (C=O) groups is 2. The fourth-order valence-electron chi connectivity index (χ4n) is 2.12. The van der Waals surface area contributed by atoms with Crippen molar-refractivity contribution in [3.05, 3.63) is 46.1 Å². The lowest BCUT2D eigenvalue weighted by Gasteiger charge is -2.33. The predicted molar refractivity (Wildman–Crippen MR) is 75.2 cm³/mol. The number of benzene rings is 1. The van der Waals surface area contributed by atoms with Crippen molar-refractivity contribution in [3.8, 4) is 0 Å². The smallest absolute Gasteiger partial charge is 0.337 e. The summed E-state index contributed by atoms with van der Waals surface area (Å²) in [7, 11) is 2.92. The largest absolute Gasteiger partial charge is 0.466 e. The summed E-state index contributed by atoms with van der Waals surface area (Å²) in [6.45, 7) is 1.72. The molecule has 0 spiro atoms. The summed E-state index contributed by atoms with van der Waals surface area (Å²) in [6, 6.07) is 6.17. The maximum absolute atomic E-state index is 12.0. The van der Waals surface area contributed by atoms with Crippen LogP contribution < -0.4 is 5.32 Å². The molecule has 0 bridgehead atoms. The molecule has 20 heavy (non-hydrogen) atoms. The number of nitrogens with one attached hydrogen (secondary N) is 1. The number of ether oxygens (including phenoxy) is 1. The van der Waals surface area contributed by atoms with E-state index in [0.29, 0.717) is 16.3 Å². The van der Waals surface area contributed by atoms with Gasteiger partial charge in [0.2, 0.25) is 0 Å². The van der Waals surface area contributed by atoms with Gasteiger partial charge in [0.05, 0.1) is 18.7 Å². The molecule has 1 atom stereocenters. The Hall–Kier alpha value is -2.01. The van der Waals surface area contributed by atoms with E-state index >= 15 is 0 Å². The third-order valence-corrected chi connectivity index (χ3v) is 3.61. The number of methoxy groups -OCH3 is 1. The minimum Gasteiger partial charge on any atom is -0.466 e. The molecule has 0 fully saturated rings. The van der Waals surface area contributed by atoms with Gasteiger partial charge in [-0.05, 0) is 24.6 Å². The van der Waals surface area contributed by atoms with Gasteiger partial charge in [-0.15, -0.1) is 0 Å². The first-order valence-corrected chi connectivity index (χ1v) is 6.42. The highest BCUT2D eigenvalue weighted by atomic mass is 35.5. The summed E-state index contributed by atoms with van der Waals surface area (Å²) in [5, 5.41) is 3.37. The van der Waals surface area contributed by atoms with Gasteiger partial charge in [0.15, 0.2) is 0 Å². The van der Waals surface area contributed by atoms with Crippen molar-refractivity contribution in [2.45, 2.75) is 13.0 Å². The first-order chi connectivity index (χ1) is 9.45. The van der Waals surface area contributed by atoms with Gasteiger partial charge < -0.3 is 15.0 Å². The van der Waals surface area contributed by atoms with Crippen molar-refractivity contribution >= 4 is 23.6 Å². The van der Waals surface area contributed by atoms with Crippen molar-refractivity contribution in [1.29, 1.82) is 0 Å². The van der Waals surface area contributed by atoms with Gasteiger partial charge in [-0.1, -0.05) is 23.7 Å². The van der Waals surface area contributed by atoms with E-state index in [9.17, 15) is 9.59 Å². The molecular formula is C14H15ClN2O3. The zero-order valence-electron chi connectivity index (χ0n) is 11.4. The molecule has 106 valence electrons. The molecule has 1 aromatic rings. The highest BCUT2D eigenvalue weighted by Gasteiger charge is 2.34. The summed E-state index contributed by atoms with van der Waals surface area (Å²) in [4.78, 5) is 25.3. The van der Waals surface area contributed by atoms with Crippen molar-refractivity contribution in [2.24, 2.45) is 0 Å². The lowest BCUT2D eigenvalue weighted by molar-refractivity contribution is -0.136. The SMILES string of the molecule is COC(=O)C1=C(C)N(C)C(=O)N[C@@H]1c1ccc(Cl)cc1. The van der Waals surface area contributed by atoms with Gasteiger partial charge in [0.1, 0.15) is 0 Å². The van der Waals surface area contributed by atoms with Crippen LogP contribution >= 0.6 is 11.6 Å². The zero-order valence-corrected chi connectivity index (χ0v) is 12.2. The van der Waals surface area contributed by atoms with Gasteiger partial charge in [0.25, 0.3) is 0 Å². The molecule has 1 aliphatic heterocycles. The van der Waals surface area contributed by atoms with Gasteiger partial charge in [0, 0.05) is 17.8 Å². The molecule has 1 N–H and O–H groups in total. The van der Waals surface area contributed by atoms with Crippen LogP contribution in [0.4, 0.5) is 4.79 Å². The highest BCUT2D eigenvalue weighted by Crippen LogP contribution is 2.30. The minimum absolute atomic E-state index is 0.268. The Morgan fingerprint density at radius 3 is 2.50 bits per heavy atom. The normalized spacial score (nSPS) is 18.9. The third kappa shape index (κ3) is 2.49. The molecule has 0 aliphatic carbocycles. The number of carbonyl (C=O) groups excluding carboxylic acids is 2. The van der Waals surface area contributed by atoms with Crippen molar-refractivity contribution in [1.82, 2.24) is 10.2 Å². The van der Waals surface area contributed by atoms with E-state index in [1.807, 2.05) is 0 Å². The Morgan fingerprint density at radius 2 is 1.95 bits per heavy atom. The number of amides is 2. The summed E-state index contributed by atoms with van der Waals surface area (Å²) in [5.41, 5.74) is 1.76. The maximum atomic E-state index is 12.0. The number of halogens is 1. The average molecular weight is 295 g/mol. The number of hydrogen-bond donors (Lipinski definition) is 1. The molecule has 0 saturated heterocycles. The van der Waals surface area contributed by atoms with E-state index in [1.54, 1.807) is 38.2 Å². The van der Waals surface area contributed by atoms with E-state index < -0.39 is 12.0 Å². The third-order valence-electron chi connectivity index (χ3n) is 3.36. The summed E-state index contributed by atoms with van der Waals surface area (Å²) in [6.07, 6.45) is 0. The first kappa shape index (κ1) is 14.4. The standard InChI is InChI=1S/C14H15ClN2O3/c1-8-11(13(18)20-3)12(16-14(19)17(8)2)9-4-6-10(15)7-5-9/h4-7,12H,1-3H3,(H,16,19)/t12-/m1/s1. The molecule has 0 saturated carbocycles. The van der Waals surface area contributed by atoms with Crippen LogP contribution in [-0.2, 0) is 9.53 Å². The fraction of sp³-hybridized carbons (Fsp3) is 0.286. The first-order valence-electron chi connectivity index (χ1n) is 6.04. The Kier molecular flexibility index (Phi) is 3.99. The second-order valence-electron chi connectivity index (χ2n) is 4.48. The minimum atomic E-state index is -0.539. The molecule has 2 rings (SSSR count). The Balaban J connectivity index is 2.51. The van der Waals surface area contributed by atoms with Crippen molar-refractivity contribution in [2.75, 3.05) is 14.2 Å². The van der Waals surface area contributed by atoms with Crippen molar-refractivity contribution in [3.63, 3.8) is 0 Å². The summed E-state index contributed by atoms with van der Waals surface area (Å²) >= 11 is 5.86. The number of urea groups is 1. The Morgan fingerprint density at radius 1 is 1.35 bits per heavy atom. The second kappa shape index (κ2) is 5.54. The Bertz CT molecular complexity index is 581. The van der Waals surface area contributed by atoms with Gasteiger partial charge in [-0.3, -0.25) is 0 Å². The number of allylic oxidation sites excluding steroid dienone is 1. The molecule has 6 heteroatoms. The number of hydrogen-bond acceptors (Lipinski definition) is 3. The molecule has 0 aromatic heterocycles. The summed E-state index contributed by atoms with van der Waals surface area (Å²) < 4.78 is 4.82. The molecule has 1 heterocycles. The molecular weight excluding hydrogens is 280 g/mol. The van der Waals surface area contributed by atoms with E-state index in [2.05, 4.69) is 5.32 Å². The van der Waals surface area contributed by atoms with Crippen LogP contribution in [0.1, 0.15) is 18.5 Å². The van der Waals surface area contributed by atoms with Gasteiger partial charge in [-0.2, -0.15) is 0 Å². The molecule has 1 aliphatic rings. The Labute approximate surface area is 122 Å². The highest BCUT2D eigenvalue weighted by molar-refractivity contribution is 6.30. The van der Waals surface area contributed by atoms with Crippen LogP contribution in [0, 0.1) is 0 Å². The van der Waals surface area contributed by atoms with Crippen LogP contribution in [0.3, 0.4) is 0 Å². The zero-order chi connectivity index (χ0) is 14.9. The lowest BCUT2D eigenvalue weighted by Crippen LogP contribution is -2.46. The van der Waals surface area contributed by atoms with Crippen LogP contribution in [-0.4, -0.2) is 31.1 Å². The number of rotatable bonds is 2. The number of esters is 1. The monoisotopic (exact) mass is 294 g/mol. The lowest BCUT2D eigenvalue weighted by atomic mass is 9.95. The van der Waals surface area contributed by atoms with Gasteiger partial charge in [-0.25, -0.2) is 9.59 Å². The molecule has 1 aromatic carbocycles. The fourth-order valence-corrected chi connectivity index (χ4v) is 2.24. The second-order valence-corrected chi connectivity index (χ2v) is 4.92. The molecule has 0 radical (unpaired) electrons. The van der Waals surface area contributed by atoms with E-state index in [0.717, 1.165) is 5.56 Å². The molecule has 5 nitrogen and oxygen atoms in total. The van der Waals surface area contributed by atoms with E-state index in [4.69, 9.17) is 16.3 Å². The summed E-state index contributed by atoms with van der Waals surface area (Å²) in [5.74, 6) is -0.464. The predicted octanol–water partition coefficient (Wildman–Crippen LogP) is 2.48. The maximum Gasteiger partial charge on any atom is 0.337 e. The van der Waals surface area contributed by atoms with Crippen molar-refractivity contribution < 1.29 is 14.3 Å². The number of nitrogens with zero attached hydrogens (tertiary/aromatic N) is 1. The van der Waals surface area contributed by atoms with E-state index in [1.165, 1.54) is 12.0 Å². The van der Waals surface area contributed by atoms with Crippen LogP contribution in [0.25, 0.3) is 0 Å². The van der Waals surface area contributed by atoms with Crippen LogP contribution in [0.5, 0.6) is 0 Å².